The van der Waals surface area contributed by atoms with Crippen molar-refractivity contribution in [2.45, 2.75) is 12.1 Å². The molecule has 0 atom stereocenters. The summed E-state index contributed by atoms with van der Waals surface area (Å²) in [4.78, 5) is 0. The zero-order chi connectivity index (χ0) is 16.7. The zero-order valence-electron chi connectivity index (χ0n) is 13.9. The summed E-state index contributed by atoms with van der Waals surface area (Å²) < 4.78 is 8.98. The molecule has 0 amide bonds. The molecule has 2 nitrogen and oxygen atoms in total. The lowest BCUT2D eigenvalue weighted by atomic mass is 9.92. The minimum atomic E-state index is -0.626. The van der Waals surface area contributed by atoms with Gasteiger partial charge in [-0.2, -0.15) is 0 Å². The molecule has 0 saturated carbocycles. The van der Waals surface area contributed by atoms with E-state index in [1.807, 2.05) is 0 Å². The molecule has 0 bridgehead atoms. The van der Waals surface area contributed by atoms with E-state index in [2.05, 4.69) is 95.6 Å². The first-order valence-electron chi connectivity index (χ1n) is 8.74. The number of aromatic nitrogens is 1. The van der Waals surface area contributed by atoms with Crippen molar-refractivity contribution in [2.24, 2.45) is 0 Å². The Hall–Kier alpha value is -2.84. The van der Waals surface area contributed by atoms with E-state index in [9.17, 15) is 0 Å². The normalized spacial score (nSPS) is 15.8. The Kier molecular flexibility index (Phi) is 3.25. The Morgan fingerprint density at radius 3 is 2.00 bits per heavy atom. The minimum absolute atomic E-state index is 0.626. The fraction of sp³-hybridized carbons (Fsp3) is 0.130. The summed E-state index contributed by atoms with van der Waals surface area (Å²) in [5, 5.41) is 1.26. The molecular weight excluding hydrogens is 306 g/mol. The van der Waals surface area contributed by atoms with Crippen LogP contribution in [0.25, 0.3) is 10.9 Å². The molecule has 2 heterocycles. The maximum absolute atomic E-state index is 6.59. The van der Waals surface area contributed by atoms with Gasteiger partial charge in [-0.15, -0.1) is 0 Å². The Bertz CT molecular complexity index is 978. The van der Waals surface area contributed by atoms with Crippen LogP contribution < -0.4 is 0 Å². The standard InChI is InChI=1S/C23H19NO/c1-3-10-19(11-4-1)23(20-12-5-2-6-13-20)24-21(15-16-25-23)17-18-9-7-8-14-22(18)24/h1-14,17H,15-16H2. The van der Waals surface area contributed by atoms with E-state index >= 15 is 0 Å². The van der Waals surface area contributed by atoms with Gasteiger partial charge in [0.05, 0.1) is 12.1 Å². The van der Waals surface area contributed by atoms with E-state index in [0.717, 1.165) is 17.5 Å². The molecule has 4 aromatic rings. The van der Waals surface area contributed by atoms with E-state index < -0.39 is 5.72 Å². The smallest absolute Gasteiger partial charge is 0.197 e. The molecule has 122 valence electrons. The van der Waals surface area contributed by atoms with Crippen molar-refractivity contribution in [3.05, 3.63) is 108 Å². The molecule has 0 fully saturated rings. The molecule has 1 aromatic heterocycles. The van der Waals surface area contributed by atoms with Crippen molar-refractivity contribution in [1.82, 2.24) is 4.57 Å². The van der Waals surface area contributed by atoms with Crippen LogP contribution >= 0.6 is 0 Å². The highest BCUT2D eigenvalue weighted by Crippen LogP contribution is 2.42. The third-order valence-electron chi connectivity index (χ3n) is 5.10. The fourth-order valence-corrected chi connectivity index (χ4v) is 4.06. The summed E-state index contributed by atoms with van der Waals surface area (Å²) in [6.45, 7) is 0.708. The van der Waals surface area contributed by atoms with Crippen LogP contribution in [0.1, 0.15) is 16.8 Å². The lowest BCUT2D eigenvalue weighted by Gasteiger charge is -2.41. The van der Waals surface area contributed by atoms with Gasteiger partial charge in [-0.05, 0) is 17.5 Å². The first-order chi connectivity index (χ1) is 12.4. The average molecular weight is 325 g/mol. The number of fused-ring (bicyclic) bond motifs is 3. The quantitative estimate of drug-likeness (QED) is 0.508. The van der Waals surface area contributed by atoms with Crippen LogP contribution in [0, 0.1) is 0 Å². The van der Waals surface area contributed by atoms with Crippen molar-refractivity contribution in [3.8, 4) is 0 Å². The molecule has 0 radical (unpaired) electrons. The zero-order valence-corrected chi connectivity index (χ0v) is 13.9. The third-order valence-corrected chi connectivity index (χ3v) is 5.10. The number of rotatable bonds is 2. The largest absolute Gasteiger partial charge is 0.346 e. The van der Waals surface area contributed by atoms with E-state index in [-0.39, 0.29) is 0 Å². The van der Waals surface area contributed by atoms with Gasteiger partial charge in [0.25, 0.3) is 0 Å². The maximum atomic E-state index is 6.59. The molecule has 5 rings (SSSR count). The number of hydrogen-bond acceptors (Lipinski definition) is 1. The van der Waals surface area contributed by atoms with Gasteiger partial charge in [-0.3, -0.25) is 0 Å². The molecule has 2 heteroatoms. The van der Waals surface area contributed by atoms with Crippen molar-refractivity contribution in [1.29, 1.82) is 0 Å². The molecule has 0 N–H and O–H groups in total. The molecule has 0 spiro atoms. The van der Waals surface area contributed by atoms with Crippen molar-refractivity contribution in [2.75, 3.05) is 6.61 Å². The minimum Gasteiger partial charge on any atom is -0.346 e. The Labute approximate surface area is 147 Å². The second kappa shape index (κ2) is 5.61. The second-order valence-corrected chi connectivity index (χ2v) is 6.50. The molecule has 1 aliphatic rings. The van der Waals surface area contributed by atoms with Crippen molar-refractivity contribution in [3.63, 3.8) is 0 Å². The van der Waals surface area contributed by atoms with Crippen LogP contribution in [0.2, 0.25) is 0 Å². The van der Waals surface area contributed by atoms with Gasteiger partial charge in [0.1, 0.15) is 0 Å². The fourth-order valence-electron chi connectivity index (χ4n) is 4.06. The van der Waals surface area contributed by atoms with Crippen LogP contribution in [0.4, 0.5) is 0 Å². The summed E-state index contributed by atoms with van der Waals surface area (Å²) >= 11 is 0. The maximum Gasteiger partial charge on any atom is 0.197 e. The summed E-state index contributed by atoms with van der Waals surface area (Å²) in [5.41, 5.74) is 4.22. The second-order valence-electron chi connectivity index (χ2n) is 6.50. The number of ether oxygens (including phenoxy) is 1. The third kappa shape index (κ3) is 2.08. The molecule has 0 aliphatic carbocycles. The highest BCUT2D eigenvalue weighted by molar-refractivity contribution is 5.82. The van der Waals surface area contributed by atoms with E-state index in [1.54, 1.807) is 0 Å². The van der Waals surface area contributed by atoms with Gasteiger partial charge in [-0.25, -0.2) is 0 Å². The van der Waals surface area contributed by atoms with Crippen molar-refractivity contribution >= 4 is 10.9 Å². The van der Waals surface area contributed by atoms with Crippen LogP contribution in [0.5, 0.6) is 0 Å². The monoisotopic (exact) mass is 325 g/mol. The van der Waals surface area contributed by atoms with Crippen LogP contribution in [0.15, 0.2) is 91.0 Å². The summed E-state index contributed by atoms with van der Waals surface area (Å²) in [5.74, 6) is 0. The number of hydrogen-bond donors (Lipinski definition) is 0. The summed E-state index contributed by atoms with van der Waals surface area (Å²) in [7, 11) is 0. The van der Waals surface area contributed by atoms with Gasteiger partial charge in [0.2, 0.25) is 0 Å². The number of nitrogens with zero attached hydrogens (tertiary/aromatic N) is 1. The predicted octanol–water partition coefficient (Wildman–Crippen LogP) is 4.96. The number of para-hydroxylation sites is 1. The van der Waals surface area contributed by atoms with Crippen LogP contribution in [0.3, 0.4) is 0 Å². The van der Waals surface area contributed by atoms with E-state index in [1.165, 1.54) is 16.6 Å². The molecule has 25 heavy (non-hydrogen) atoms. The highest BCUT2D eigenvalue weighted by atomic mass is 16.5. The van der Waals surface area contributed by atoms with Gasteiger partial charge in [-0.1, -0.05) is 78.9 Å². The highest BCUT2D eigenvalue weighted by Gasteiger charge is 2.42. The molecule has 1 aliphatic heterocycles. The molecular formula is C23H19NO. The summed E-state index contributed by atoms with van der Waals surface area (Å²) in [6, 6.07) is 32.0. The van der Waals surface area contributed by atoms with Crippen LogP contribution in [-0.4, -0.2) is 11.2 Å². The first-order valence-corrected chi connectivity index (χ1v) is 8.74. The summed E-state index contributed by atoms with van der Waals surface area (Å²) in [6.07, 6.45) is 0.927. The van der Waals surface area contributed by atoms with E-state index in [0.29, 0.717) is 6.61 Å². The predicted molar refractivity (Wildman–Crippen MR) is 101 cm³/mol. The molecule has 0 unspecified atom stereocenters. The van der Waals surface area contributed by atoms with Gasteiger partial charge < -0.3 is 9.30 Å². The topological polar surface area (TPSA) is 14.2 Å². The number of benzene rings is 3. The van der Waals surface area contributed by atoms with E-state index in [4.69, 9.17) is 4.74 Å². The Morgan fingerprint density at radius 1 is 0.720 bits per heavy atom. The molecule has 0 saturated heterocycles. The van der Waals surface area contributed by atoms with Gasteiger partial charge >= 0.3 is 0 Å². The Balaban J connectivity index is 1.91. The molecule has 3 aromatic carbocycles. The SMILES string of the molecule is c1ccc(C2(c3ccccc3)OCCc3cc4ccccc4n32)cc1. The Morgan fingerprint density at radius 2 is 1.32 bits per heavy atom. The van der Waals surface area contributed by atoms with Crippen LogP contribution in [-0.2, 0) is 16.9 Å². The lowest BCUT2D eigenvalue weighted by molar-refractivity contribution is -0.0555. The lowest BCUT2D eigenvalue weighted by Crippen LogP contribution is -2.43. The first kappa shape index (κ1) is 14.5. The van der Waals surface area contributed by atoms with Crippen molar-refractivity contribution < 1.29 is 4.74 Å². The van der Waals surface area contributed by atoms with Gasteiger partial charge in [0, 0.05) is 23.2 Å². The average Bonchev–Trinajstić information content (AvgIpc) is 3.08. The van der Waals surface area contributed by atoms with Gasteiger partial charge in [0.15, 0.2) is 5.72 Å².